The molecule has 0 fully saturated rings. The van der Waals surface area contributed by atoms with E-state index in [1.54, 1.807) is 18.2 Å². The van der Waals surface area contributed by atoms with Crippen LogP contribution in [-0.2, 0) is 0 Å². The fourth-order valence-corrected chi connectivity index (χ4v) is 1.33. The van der Waals surface area contributed by atoms with Crippen LogP contribution in [0.5, 0.6) is 0 Å². The first kappa shape index (κ1) is 10.1. The molecule has 3 heteroatoms. The van der Waals surface area contributed by atoms with Crippen LogP contribution >= 0.6 is 11.6 Å². The molecule has 0 saturated heterocycles. The smallest absolute Gasteiger partial charge is 0.165 e. The number of Topliss-reactive ketones (excluding diaryl/α,β-unsaturated/α-hetero) is 1. The van der Waals surface area contributed by atoms with Crippen LogP contribution in [0.25, 0.3) is 0 Å². The molecule has 0 bridgehead atoms. The van der Waals surface area contributed by atoms with E-state index in [0.29, 0.717) is 16.3 Å². The molecule has 1 aromatic rings. The van der Waals surface area contributed by atoms with Crippen LogP contribution in [0.3, 0.4) is 0 Å². The van der Waals surface area contributed by atoms with Gasteiger partial charge in [-0.1, -0.05) is 25.4 Å². The van der Waals surface area contributed by atoms with Gasteiger partial charge in [0.15, 0.2) is 5.78 Å². The highest BCUT2D eigenvalue weighted by molar-refractivity contribution is 6.31. The highest BCUT2D eigenvalue weighted by Crippen LogP contribution is 2.18. The van der Waals surface area contributed by atoms with E-state index in [0.717, 1.165) is 0 Å². The third kappa shape index (κ3) is 2.46. The Hall–Kier alpha value is -1.02. The molecule has 70 valence electrons. The number of rotatable bonds is 2. The molecule has 0 aliphatic rings. The molecule has 1 rings (SSSR count). The quantitative estimate of drug-likeness (QED) is 0.585. The molecule has 0 amide bonds. The van der Waals surface area contributed by atoms with Gasteiger partial charge in [-0.05, 0) is 18.2 Å². The van der Waals surface area contributed by atoms with Gasteiger partial charge >= 0.3 is 0 Å². The summed E-state index contributed by atoms with van der Waals surface area (Å²) >= 11 is 5.77. The van der Waals surface area contributed by atoms with Gasteiger partial charge in [-0.25, -0.2) is 0 Å². The van der Waals surface area contributed by atoms with Crippen molar-refractivity contribution >= 4 is 23.1 Å². The van der Waals surface area contributed by atoms with E-state index in [2.05, 4.69) is 0 Å². The van der Waals surface area contributed by atoms with E-state index in [1.165, 1.54) is 0 Å². The van der Waals surface area contributed by atoms with Crippen molar-refractivity contribution in [3.8, 4) is 0 Å². The highest BCUT2D eigenvalue weighted by Gasteiger charge is 2.11. The fraction of sp³-hybridized carbons (Fsp3) is 0.300. The van der Waals surface area contributed by atoms with Crippen molar-refractivity contribution in [3.63, 3.8) is 0 Å². The molecule has 0 unspecified atom stereocenters. The summed E-state index contributed by atoms with van der Waals surface area (Å²) in [5.74, 6) is 0.0343. The maximum absolute atomic E-state index is 11.5. The molecule has 13 heavy (non-hydrogen) atoms. The number of anilines is 1. The lowest BCUT2D eigenvalue weighted by Crippen LogP contribution is -2.07. The molecule has 0 atom stereocenters. The molecular formula is C10H12ClNO. The Morgan fingerprint density at radius 3 is 2.46 bits per heavy atom. The van der Waals surface area contributed by atoms with Gasteiger partial charge in [0.05, 0.1) is 0 Å². The number of benzene rings is 1. The first-order valence-electron chi connectivity index (χ1n) is 4.11. The molecule has 0 spiro atoms. The summed E-state index contributed by atoms with van der Waals surface area (Å²) in [4.78, 5) is 11.5. The van der Waals surface area contributed by atoms with Gasteiger partial charge < -0.3 is 5.73 Å². The summed E-state index contributed by atoms with van der Waals surface area (Å²) in [6.07, 6.45) is 0. The molecule has 0 aliphatic carbocycles. The normalized spacial score (nSPS) is 10.5. The second kappa shape index (κ2) is 3.79. The number of nitrogens with two attached hydrogens (primary N) is 1. The number of carbonyl (C=O) groups is 1. The Morgan fingerprint density at radius 2 is 2.00 bits per heavy atom. The third-order valence-corrected chi connectivity index (χ3v) is 1.95. The van der Waals surface area contributed by atoms with E-state index < -0.39 is 0 Å². The zero-order valence-electron chi connectivity index (χ0n) is 7.67. The Bertz CT molecular complexity index is 313. The minimum atomic E-state index is -0.0298. The van der Waals surface area contributed by atoms with Crippen molar-refractivity contribution in [3.05, 3.63) is 28.8 Å². The predicted octanol–water partition coefficient (Wildman–Crippen LogP) is 2.76. The van der Waals surface area contributed by atoms with Crippen LogP contribution < -0.4 is 5.73 Å². The van der Waals surface area contributed by atoms with E-state index in [9.17, 15) is 4.79 Å². The number of nitrogen functional groups attached to an aromatic ring is 1. The minimum absolute atomic E-state index is 0.0298. The predicted molar refractivity (Wildman–Crippen MR) is 55.0 cm³/mol. The molecular weight excluding hydrogens is 186 g/mol. The van der Waals surface area contributed by atoms with E-state index in [-0.39, 0.29) is 11.7 Å². The third-order valence-electron chi connectivity index (χ3n) is 1.73. The summed E-state index contributed by atoms with van der Waals surface area (Å²) in [5, 5.41) is 0.504. The largest absolute Gasteiger partial charge is 0.399 e. The van der Waals surface area contributed by atoms with Gasteiger partial charge in [0.2, 0.25) is 0 Å². The lowest BCUT2D eigenvalue weighted by atomic mass is 10.0. The second-order valence-electron chi connectivity index (χ2n) is 3.29. The topological polar surface area (TPSA) is 43.1 Å². The van der Waals surface area contributed by atoms with Gasteiger partial charge in [0, 0.05) is 22.2 Å². The number of halogens is 1. The lowest BCUT2D eigenvalue weighted by Gasteiger charge is -2.05. The maximum atomic E-state index is 11.5. The number of hydrogen-bond acceptors (Lipinski definition) is 2. The molecule has 0 heterocycles. The van der Waals surface area contributed by atoms with Crippen molar-refractivity contribution in [2.24, 2.45) is 5.92 Å². The Morgan fingerprint density at radius 1 is 1.38 bits per heavy atom. The lowest BCUT2D eigenvalue weighted by molar-refractivity contribution is 0.0939. The maximum Gasteiger partial charge on any atom is 0.165 e. The van der Waals surface area contributed by atoms with Crippen molar-refractivity contribution in [1.29, 1.82) is 0 Å². The van der Waals surface area contributed by atoms with Crippen LogP contribution in [0.15, 0.2) is 18.2 Å². The average molecular weight is 198 g/mol. The average Bonchev–Trinajstić information content (AvgIpc) is 2.01. The number of hydrogen-bond donors (Lipinski definition) is 1. The molecule has 2 nitrogen and oxygen atoms in total. The van der Waals surface area contributed by atoms with Crippen molar-refractivity contribution in [2.45, 2.75) is 13.8 Å². The summed E-state index contributed by atoms with van der Waals surface area (Å²) in [6, 6.07) is 4.91. The summed E-state index contributed by atoms with van der Waals surface area (Å²) in [5.41, 5.74) is 6.67. The molecule has 0 radical (unpaired) electrons. The first-order valence-corrected chi connectivity index (χ1v) is 4.49. The summed E-state index contributed by atoms with van der Waals surface area (Å²) < 4.78 is 0. The van der Waals surface area contributed by atoms with Gasteiger partial charge in [0.1, 0.15) is 0 Å². The van der Waals surface area contributed by atoms with E-state index in [1.807, 2.05) is 13.8 Å². The Kier molecular flexibility index (Phi) is 2.94. The van der Waals surface area contributed by atoms with Crippen molar-refractivity contribution in [1.82, 2.24) is 0 Å². The zero-order chi connectivity index (χ0) is 10.0. The van der Waals surface area contributed by atoms with Crippen LogP contribution in [-0.4, -0.2) is 5.78 Å². The van der Waals surface area contributed by atoms with Crippen LogP contribution in [0, 0.1) is 5.92 Å². The SMILES string of the molecule is CC(C)C(=O)c1cc(N)cc(Cl)c1. The highest BCUT2D eigenvalue weighted by atomic mass is 35.5. The molecule has 0 saturated carbocycles. The van der Waals surface area contributed by atoms with Crippen LogP contribution in [0.2, 0.25) is 5.02 Å². The van der Waals surface area contributed by atoms with E-state index in [4.69, 9.17) is 17.3 Å². The molecule has 1 aromatic carbocycles. The number of carbonyl (C=O) groups excluding carboxylic acids is 1. The molecule has 0 aromatic heterocycles. The van der Waals surface area contributed by atoms with Gasteiger partial charge in [-0.15, -0.1) is 0 Å². The second-order valence-corrected chi connectivity index (χ2v) is 3.73. The van der Waals surface area contributed by atoms with Gasteiger partial charge in [0.25, 0.3) is 0 Å². The van der Waals surface area contributed by atoms with Crippen molar-refractivity contribution < 1.29 is 4.79 Å². The number of ketones is 1. The summed E-state index contributed by atoms with van der Waals surface area (Å²) in [6.45, 7) is 3.69. The fourth-order valence-electron chi connectivity index (χ4n) is 1.09. The molecule has 0 aliphatic heterocycles. The Balaban J connectivity index is 3.08. The van der Waals surface area contributed by atoms with Crippen LogP contribution in [0.1, 0.15) is 24.2 Å². The van der Waals surface area contributed by atoms with Gasteiger partial charge in [-0.2, -0.15) is 0 Å². The van der Waals surface area contributed by atoms with Gasteiger partial charge in [-0.3, -0.25) is 4.79 Å². The summed E-state index contributed by atoms with van der Waals surface area (Å²) in [7, 11) is 0. The monoisotopic (exact) mass is 197 g/mol. The molecule has 2 N–H and O–H groups in total. The standard InChI is InChI=1S/C10H12ClNO/c1-6(2)10(13)7-3-8(11)5-9(12)4-7/h3-6H,12H2,1-2H3. The zero-order valence-corrected chi connectivity index (χ0v) is 8.43. The first-order chi connectivity index (χ1) is 6.00. The van der Waals surface area contributed by atoms with Crippen LogP contribution in [0.4, 0.5) is 5.69 Å². The Labute approximate surface area is 82.7 Å². The van der Waals surface area contributed by atoms with Crippen molar-refractivity contribution in [2.75, 3.05) is 5.73 Å². The minimum Gasteiger partial charge on any atom is -0.399 e. The van der Waals surface area contributed by atoms with E-state index >= 15 is 0 Å².